The van der Waals surface area contributed by atoms with Gasteiger partial charge in [-0.15, -0.1) is 11.3 Å². The Bertz CT molecular complexity index is 945. The van der Waals surface area contributed by atoms with Crippen molar-refractivity contribution in [2.45, 2.75) is 32.8 Å². The van der Waals surface area contributed by atoms with Crippen LogP contribution in [-0.2, 0) is 20.7 Å². The lowest BCUT2D eigenvalue weighted by Crippen LogP contribution is -2.50. The van der Waals surface area contributed by atoms with Gasteiger partial charge in [0.15, 0.2) is 0 Å². The van der Waals surface area contributed by atoms with E-state index in [0.717, 1.165) is 6.42 Å². The molecule has 0 aliphatic carbocycles. The molecule has 2 amide bonds. The Morgan fingerprint density at radius 2 is 2.06 bits per heavy atom. The minimum Gasteiger partial charge on any atom is -0.478 e. The number of carboxylic acids is 1. The molecule has 1 aromatic carbocycles. The minimum absolute atomic E-state index is 0.0671. The minimum atomic E-state index is -1.08. The lowest BCUT2D eigenvalue weighted by atomic mass is 10.1. The third-order valence-corrected chi connectivity index (χ3v) is 6.02. The fraction of sp³-hybridized carbons (Fsp3) is 0.435. The first-order chi connectivity index (χ1) is 15.4. The van der Waals surface area contributed by atoms with Crippen LogP contribution in [0.25, 0.3) is 0 Å². The predicted molar refractivity (Wildman–Crippen MR) is 125 cm³/mol. The molecule has 1 aliphatic heterocycles. The highest BCUT2D eigenvalue weighted by Crippen LogP contribution is 2.35. The molecule has 172 valence electrons. The lowest BCUT2D eigenvalue weighted by molar-refractivity contribution is -0.122. The number of hydrogen-bond donors (Lipinski definition) is 2. The number of amides is 2. The smallest absolute Gasteiger partial charge is 0.335 e. The highest BCUT2D eigenvalue weighted by Gasteiger charge is 2.32. The number of nitrogens with zero attached hydrogens (tertiary/aromatic N) is 2. The van der Waals surface area contributed by atoms with E-state index in [1.807, 2.05) is 31.4 Å². The number of carboxylic acid groups (broad SMARTS) is 1. The zero-order valence-corrected chi connectivity index (χ0v) is 19.2. The first-order valence-corrected chi connectivity index (χ1v) is 11.6. The average molecular weight is 460 g/mol. The SMILES string of the molecule is CC(C)OCCCN1C(=O)CN(C(=O)CNCCc2cccs2)c2cc(C(=O)O)ccc21. The molecular formula is C23H29N3O5S. The molecule has 1 aromatic heterocycles. The van der Waals surface area contributed by atoms with Crippen LogP contribution in [0.1, 0.15) is 35.5 Å². The molecule has 0 spiro atoms. The van der Waals surface area contributed by atoms with Gasteiger partial charge in [-0.05, 0) is 56.3 Å². The summed E-state index contributed by atoms with van der Waals surface area (Å²) in [4.78, 5) is 41.5. The Balaban J connectivity index is 1.71. The molecular weight excluding hydrogens is 430 g/mol. The van der Waals surface area contributed by atoms with Gasteiger partial charge in [0.2, 0.25) is 11.8 Å². The number of fused-ring (bicyclic) bond motifs is 1. The maximum absolute atomic E-state index is 12.9. The van der Waals surface area contributed by atoms with Crippen LogP contribution in [0.2, 0.25) is 0 Å². The number of anilines is 2. The third-order valence-electron chi connectivity index (χ3n) is 5.08. The molecule has 0 fully saturated rings. The van der Waals surface area contributed by atoms with Gasteiger partial charge < -0.3 is 20.1 Å². The van der Waals surface area contributed by atoms with Crippen LogP contribution in [0.15, 0.2) is 35.7 Å². The van der Waals surface area contributed by atoms with E-state index in [4.69, 9.17) is 4.74 Å². The summed E-state index contributed by atoms with van der Waals surface area (Å²) in [5, 5.41) is 14.5. The Morgan fingerprint density at radius 1 is 1.25 bits per heavy atom. The molecule has 0 unspecified atom stereocenters. The summed E-state index contributed by atoms with van der Waals surface area (Å²) in [5.74, 6) is -1.55. The summed E-state index contributed by atoms with van der Waals surface area (Å²) in [5.41, 5.74) is 1.06. The van der Waals surface area contributed by atoms with Gasteiger partial charge in [0.25, 0.3) is 0 Å². The molecule has 0 radical (unpaired) electrons. The van der Waals surface area contributed by atoms with Crippen molar-refractivity contribution in [1.82, 2.24) is 5.32 Å². The molecule has 1 aliphatic rings. The quantitative estimate of drug-likeness (QED) is 0.502. The molecule has 2 aromatic rings. The maximum Gasteiger partial charge on any atom is 0.335 e. The van der Waals surface area contributed by atoms with Crippen molar-refractivity contribution in [1.29, 1.82) is 0 Å². The van der Waals surface area contributed by atoms with Crippen molar-refractivity contribution in [3.05, 3.63) is 46.2 Å². The number of ether oxygens (including phenoxy) is 1. The van der Waals surface area contributed by atoms with Crippen molar-refractivity contribution < 1.29 is 24.2 Å². The zero-order chi connectivity index (χ0) is 23.1. The largest absolute Gasteiger partial charge is 0.478 e. The number of carbonyl (C=O) groups is 3. The normalized spacial score (nSPS) is 13.5. The average Bonchev–Trinajstić information content (AvgIpc) is 3.28. The van der Waals surface area contributed by atoms with E-state index in [-0.39, 0.29) is 36.6 Å². The summed E-state index contributed by atoms with van der Waals surface area (Å²) in [7, 11) is 0. The van der Waals surface area contributed by atoms with Crippen LogP contribution in [0.4, 0.5) is 11.4 Å². The highest BCUT2D eigenvalue weighted by molar-refractivity contribution is 7.09. The fourth-order valence-electron chi connectivity index (χ4n) is 3.51. The van der Waals surface area contributed by atoms with Crippen molar-refractivity contribution in [3.63, 3.8) is 0 Å². The predicted octanol–water partition coefficient (Wildman–Crippen LogP) is 2.77. The zero-order valence-electron chi connectivity index (χ0n) is 18.4. The first-order valence-electron chi connectivity index (χ1n) is 10.7. The molecule has 0 atom stereocenters. The number of aromatic carboxylic acids is 1. The number of carbonyl (C=O) groups excluding carboxylic acids is 2. The summed E-state index contributed by atoms with van der Waals surface area (Å²) >= 11 is 1.66. The molecule has 2 heterocycles. The topological polar surface area (TPSA) is 99.2 Å². The Labute approximate surface area is 191 Å². The van der Waals surface area contributed by atoms with E-state index in [9.17, 15) is 19.5 Å². The molecule has 2 N–H and O–H groups in total. The lowest BCUT2D eigenvalue weighted by Gasteiger charge is -2.36. The molecule has 3 rings (SSSR count). The van der Waals surface area contributed by atoms with E-state index >= 15 is 0 Å². The molecule has 32 heavy (non-hydrogen) atoms. The number of rotatable bonds is 11. The van der Waals surface area contributed by atoms with E-state index in [1.54, 1.807) is 22.3 Å². The highest BCUT2D eigenvalue weighted by atomic mass is 32.1. The Morgan fingerprint density at radius 3 is 2.75 bits per heavy atom. The van der Waals surface area contributed by atoms with Gasteiger partial charge in [-0.2, -0.15) is 0 Å². The standard InChI is InChI=1S/C23H29N3O5S/c1-16(2)31-11-4-10-25-19-7-6-17(23(29)30)13-20(19)26(15-22(25)28)21(27)14-24-9-8-18-5-3-12-32-18/h3,5-7,12-13,16,24H,4,8-11,14-15H2,1-2H3,(H,29,30). The van der Waals surface area contributed by atoms with E-state index in [0.29, 0.717) is 37.5 Å². The van der Waals surface area contributed by atoms with Gasteiger partial charge in [-0.1, -0.05) is 6.07 Å². The number of thiophene rings is 1. The van der Waals surface area contributed by atoms with Gasteiger partial charge in [0, 0.05) is 24.6 Å². The van der Waals surface area contributed by atoms with Crippen LogP contribution in [0.3, 0.4) is 0 Å². The maximum atomic E-state index is 12.9. The number of hydrogen-bond acceptors (Lipinski definition) is 6. The van der Waals surface area contributed by atoms with Crippen molar-refractivity contribution in [3.8, 4) is 0 Å². The summed E-state index contributed by atoms with van der Waals surface area (Å²) in [6, 6.07) is 8.55. The van der Waals surface area contributed by atoms with Crippen molar-refractivity contribution >= 4 is 40.5 Å². The summed E-state index contributed by atoms with van der Waals surface area (Å²) in [6.07, 6.45) is 1.57. The van der Waals surface area contributed by atoms with Gasteiger partial charge >= 0.3 is 5.97 Å². The van der Waals surface area contributed by atoms with E-state index < -0.39 is 5.97 Å². The first kappa shape index (κ1) is 23.9. The van der Waals surface area contributed by atoms with Gasteiger partial charge in [-0.3, -0.25) is 14.5 Å². The summed E-state index contributed by atoms with van der Waals surface area (Å²) in [6.45, 7) is 5.44. The van der Waals surface area contributed by atoms with Gasteiger partial charge in [-0.25, -0.2) is 4.79 Å². The number of benzene rings is 1. The Kier molecular flexibility index (Phi) is 8.38. The Hall–Kier alpha value is -2.75. The third kappa shape index (κ3) is 6.15. The molecule has 0 saturated carbocycles. The second-order valence-corrected chi connectivity index (χ2v) is 8.85. The second-order valence-electron chi connectivity index (χ2n) is 7.81. The van der Waals surface area contributed by atoms with Crippen LogP contribution in [0, 0.1) is 0 Å². The van der Waals surface area contributed by atoms with Crippen molar-refractivity contribution in [2.24, 2.45) is 0 Å². The second kappa shape index (κ2) is 11.2. The number of nitrogens with one attached hydrogen (secondary N) is 1. The van der Waals surface area contributed by atoms with Gasteiger partial charge in [0.1, 0.15) is 6.54 Å². The van der Waals surface area contributed by atoms with E-state index in [1.165, 1.54) is 21.9 Å². The summed E-state index contributed by atoms with van der Waals surface area (Å²) < 4.78 is 5.56. The van der Waals surface area contributed by atoms with Crippen LogP contribution in [0.5, 0.6) is 0 Å². The monoisotopic (exact) mass is 459 g/mol. The van der Waals surface area contributed by atoms with Crippen LogP contribution in [-0.4, -0.2) is 61.8 Å². The molecule has 0 saturated heterocycles. The molecule has 9 heteroatoms. The van der Waals surface area contributed by atoms with Crippen LogP contribution < -0.4 is 15.1 Å². The fourth-order valence-corrected chi connectivity index (χ4v) is 4.22. The molecule has 0 bridgehead atoms. The van der Waals surface area contributed by atoms with E-state index in [2.05, 4.69) is 5.32 Å². The van der Waals surface area contributed by atoms with Gasteiger partial charge in [0.05, 0.1) is 29.6 Å². The molecule has 8 nitrogen and oxygen atoms in total. The van der Waals surface area contributed by atoms with Crippen molar-refractivity contribution in [2.75, 3.05) is 42.6 Å². The van der Waals surface area contributed by atoms with Crippen LogP contribution >= 0.6 is 11.3 Å².